The summed E-state index contributed by atoms with van der Waals surface area (Å²) in [7, 11) is 0. The number of hydrogen-bond donors (Lipinski definition) is 1. The minimum atomic E-state index is -0.467. The maximum Gasteiger partial charge on any atom is 0.141 e. The summed E-state index contributed by atoms with van der Waals surface area (Å²) in [6.45, 7) is 0. The van der Waals surface area contributed by atoms with Gasteiger partial charge in [-0.25, -0.2) is 9.07 Å². The molecule has 106 valence electrons. The third kappa shape index (κ3) is 2.80. The summed E-state index contributed by atoms with van der Waals surface area (Å²) in [6.07, 6.45) is 1.72. The first-order valence-corrected chi connectivity index (χ1v) is 7.28. The summed E-state index contributed by atoms with van der Waals surface area (Å²) in [5.74, 6) is -0.467. The van der Waals surface area contributed by atoms with Crippen molar-refractivity contribution in [3.63, 3.8) is 0 Å². The lowest BCUT2D eigenvalue weighted by atomic mass is 10.1. The first-order valence-electron chi connectivity index (χ1n) is 6.11. The second kappa shape index (κ2) is 5.50. The highest BCUT2D eigenvalue weighted by Crippen LogP contribution is 2.29. The van der Waals surface area contributed by atoms with Crippen molar-refractivity contribution in [2.45, 2.75) is 0 Å². The fraction of sp³-hybridized carbons (Fsp3) is 0. The van der Waals surface area contributed by atoms with Crippen molar-refractivity contribution < 1.29 is 4.39 Å². The molecule has 0 bridgehead atoms. The van der Waals surface area contributed by atoms with Crippen molar-refractivity contribution in [2.75, 3.05) is 5.73 Å². The molecule has 0 atom stereocenters. The Morgan fingerprint density at radius 1 is 1.19 bits per heavy atom. The highest BCUT2D eigenvalue weighted by Gasteiger charge is 2.11. The van der Waals surface area contributed by atoms with Crippen LogP contribution in [0.3, 0.4) is 0 Å². The molecule has 1 heterocycles. The maximum absolute atomic E-state index is 13.2. The predicted octanol–water partition coefficient (Wildman–Crippen LogP) is 4.68. The van der Waals surface area contributed by atoms with Crippen LogP contribution in [0.5, 0.6) is 0 Å². The molecule has 2 N–H and O–H groups in total. The van der Waals surface area contributed by atoms with Gasteiger partial charge in [0.25, 0.3) is 0 Å². The Labute approximate surface area is 134 Å². The smallest absolute Gasteiger partial charge is 0.141 e. The van der Waals surface area contributed by atoms with Crippen molar-refractivity contribution >= 4 is 33.2 Å². The van der Waals surface area contributed by atoms with E-state index in [1.54, 1.807) is 16.9 Å². The molecule has 3 aromatic rings. The summed E-state index contributed by atoms with van der Waals surface area (Å²) in [6, 6.07) is 12.1. The number of nitrogen functional groups attached to an aromatic ring is 1. The molecule has 0 radical (unpaired) electrons. The van der Waals surface area contributed by atoms with E-state index in [4.69, 9.17) is 17.3 Å². The van der Waals surface area contributed by atoms with Gasteiger partial charge in [0.2, 0.25) is 0 Å². The number of anilines is 1. The third-order valence-electron chi connectivity index (χ3n) is 3.01. The van der Waals surface area contributed by atoms with Crippen LogP contribution < -0.4 is 5.73 Å². The minimum Gasteiger partial charge on any atom is -0.396 e. The Morgan fingerprint density at radius 3 is 2.71 bits per heavy atom. The third-order valence-corrected chi connectivity index (χ3v) is 3.79. The number of rotatable bonds is 2. The van der Waals surface area contributed by atoms with Gasteiger partial charge in [-0.15, -0.1) is 0 Å². The number of aromatic nitrogens is 2. The Hall–Kier alpha value is -1.85. The number of halogens is 3. The van der Waals surface area contributed by atoms with Crippen LogP contribution in [-0.2, 0) is 0 Å². The van der Waals surface area contributed by atoms with E-state index in [2.05, 4.69) is 21.0 Å². The Bertz CT molecular complexity index is 816. The molecule has 3 rings (SSSR count). The minimum absolute atomic E-state index is 0.0453. The molecule has 0 unspecified atom stereocenters. The molecule has 21 heavy (non-hydrogen) atoms. The van der Waals surface area contributed by atoms with Gasteiger partial charge in [0.05, 0.1) is 22.6 Å². The number of nitrogens with two attached hydrogens (primary N) is 1. The van der Waals surface area contributed by atoms with E-state index in [-0.39, 0.29) is 5.02 Å². The number of benzene rings is 2. The summed E-state index contributed by atoms with van der Waals surface area (Å²) < 4.78 is 15.9. The van der Waals surface area contributed by atoms with Crippen molar-refractivity contribution in [1.82, 2.24) is 9.78 Å². The quantitative estimate of drug-likeness (QED) is 0.716. The van der Waals surface area contributed by atoms with Gasteiger partial charge in [0, 0.05) is 10.0 Å². The van der Waals surface area contributed by atoms with Crippen LogP contribution in [0.4, 0.5) is 10.1 Å². The molecule has 0 saturated heterocycles. The van der Waals surface area contributed by atoms with E-state index in [0.29, 0.717) is 16.9 Å². The second-order valence-corrected chi connectivity index (χ2v) is 5.81. The van der Waals surface area contributed by atoms with E-state index in [1.807, 2.05) is 24.3 Å². The van der Waals surface area contributed by atoms with Gasteiger partial charge in [-0.1, -0.05) is 33.6 Å². The van der Waals surface area contributed by atoms with Crippen molar-refractivity contribution in [3.05, 3.63) is 64.0 Å². The van der Waals surface area contributed by atoms with E-state index >= 15 is 0 Å². The first kappa shape index (κ1) is 14.1. The lowest BCUT2D eigenvalue weighted by molar-refractivity contribution is 0.628. The molecule has 3 nitrogen and oxygen atoms in total. The van der Waals surface area contributed by atoms with Crippen LogP contribution in [-0.4, -0.2) is 9.78 Å². The molecule has 0 fully saturated rings. The van der Waals surface area contributed by atoms with Crippen LogP contribution in [0.25, 0.3) is 16.9 Å². The van der Waals surface area contributed by atoms with Crippen LogP contribution >= 0.6 is 27.5 Å². The molecule has 6 heteroatoms. The highest BCUT2D eigenvalue weighted by molar-refractivity contribution is 9.10. The monoisotopic (exact) mass is 365 g/mol. The van der Waals surface area contributed by atoms with Gasteiger partial charge in [-0.05, 0) is 36.4 Å². The maximum atomic E-state index is 13.2. The van der Waals surface area contributed by atoms with Gasteiger partial charge in [-0.3, -0.25) is 0 Å². The predicted molar refractivity (Wildman–Crippen MR) is 86.1 cm³/mol. The highest BCUT2D eigenvalue weighted by atomic mass is 79.9. The SMILES string of the molecule is Nc1cn(-c2cccc(Br)c2)nc1-c1ccc(F)c(Cl)c1. The fourth-order valence-electron chi connectivity index (χ4n) is 2.01. The normalized spacial score (nSPS) is 10.8. The van der Waals surface area contributed by atoms with Gasteiger partial charge >= 0.3 is 0 Å². The molecule has 0 aliphatic carbocycles. The van der Waals surface area contributed by atoms with E-state index in [0.717, 1.165) is 10.2 Å². The molecule has 0 spiro atoms. The van der Waals surface area contributed by atoms with E-state index < -0.39 is 5.82 Å². The van der Waals surface area contributed by atoms with Crippen LogP contribution in [0.2, 0.25) is 5.02 Å². The molecule has 0 aliphatic heterocycles. The standard InChI is InChI=1S/C15H10BrClFN3/c16-10-2-1-3-11(7-10)21-8-14(19)15(20-21)9-4-5-13(18)12(17)6-9/h1-8H,19H2. The van der Waals surface area contributed by atoms with E-state index in [9.17, 15) is 4.39 Å². The Balaban J connectivity index is 2.07. The fourth-order valence-corrected chi connectivity index (χ4v) is 2.57. The summed E-state index contributed by atoms with van der Waals surface area (Å²) >= 11 is 9.22. The van der Waals surface area contributed by atoms with Gasteiger partial charge in [0.1, 0.15) is 11.5 Å². The molecule has 2 aromatic carbocycles. The molecular formula is C15H10BrClFN3. The molecule has 0 aliphatic rings. The van der Waals surface area contributed by atoms with Crippen LogP contribution in [0, 0.1) is 5.82 Å². The molecule has 1 aromatic heterocycles. The van der Waals surface area contributed by atoms with E-state index in [1.165, 1.54) is 12.1 Å². The molecule has 0 amide bonds. The van der Waals surface area contributed by atoms with Crippen molar-refractivity contribution in [3.8, 4) is 16.9 Å². The Morgan fingerprint density at radius 2 is 2.00 bits per heavy atom. The van der Waals surface area contributed by atoms with Crippen LogP contribution in [0.1, 0.15) is 0 Å². The number of hydrogen-bond acceptors (Lipinski definition) is 2. The molecule has 0 saturated carbocycles. The van der Waals surface area contributed by atoms with Gasteiger partial charge in [0.15, 0.2) is 0 Å². The van der Waals surface area contributed by atoms with Crippen molar-refractivity contribution in [1.29, 1.82) is 0 Å². The Kier molecular flexibility index (Phi) is 3.69. The summed E-state index contributed by atoms with van der Waals surface area (Å²) in [5, 5.41) is 4.50. The van der Waals surface area contributed by atoms with Gasteiger partial charge < -0.3 is 5.73 Å². The second-order valence-electron chi connectivity index (χ2n) is 4.49. The summed E-state index contributed by atoms with van der Waals surface area (Å²) in [4.78, 5) is 0. The summed E-state index contributed by atoms with van der Waals surface area (Å²) in [5.41, 5.74) is 8.61. The molecular weight excluding hydrogens is 357 g/mol. The van der Waals surface area contributed by atoms with Crippen molar-refractivity contribution in [2.24, 2.45) is 0 Å². The largest absolute Gasteiger partial charge is 0.396 e. The van der Waals surface area contributed by atoms with Crippen LogP contribution in [0.15, 0.2) is 53.1 Å². The topological polar surface area (TPSA) is 43.8 Å². The lowest BCUT2D eigenvalue weighted by Crippen LogP contribution is -1.94. The average Bonchev–Trinajstić information content (AvgIpc) is 2.84. The van der Waals surface area contributed by atoms with Gasteiger partial charge in [-0.2, -0.15) is 5.10 Å². The number of nitrogens with zero attached hydrogens (tertiary/aromatic N) is 2. The average molecular weight is 367 g/mol. The first-order chi connectivity index (χ1) is 10.0. The zero-order valence-corrected chi connectivity index (χ0v) is 13.1. The zero-order valence-electron chi connectivity index (χ0n) is 10.7. The lowest BCUT2D eigenvalue weighted by Gasteiger charge is -2.02. The zero-order chi connectivity index (χ0) is 15.0.